The van der Waals surface area contributed by atoms with E-state index in [2.05, 4.69) is 9.80 Å². The fourth-order valence-corrected chi connectivity index (χ4v) is 3.30. The number of rotatable bonds is 3. The summed E-state index contributed by atoms with van der Waals surface area (Å²) in [5, 5.41) is 9.41. The average molecular weight is 290 g/mol. The lowest BCUT2D eigenvalue weighted by molar-refractivity contribution is 0.0209. The summed E-state index contributed by atoms with van der Waals surface area (Å²) in [5.41, 5.74) is 2.25. The van der Waals surface area contributed by atoms with Crippen molar-refractivity contribution in [2.24, 2.45) is 0 Å². The third-order valence-corrected chi connectivity index (χ3v) is 4.45. The number of ether oxygens (including phenoxy) is 1. The summed E-state index contributed by atoms with van der Waals surface area (Å²) >= 11 is 0. The quantitative estimate of drug-likeness (QED) is 0.916. The Bertz CT molecular complexity index is 526. The Balaban J connectivity index is 1.75. The number of anilines is 1. The molecule has 0 spiro atoms. The Morgan fingerprint density at radius 1 is 1.29 bits per heavy atom. The molecule has 114 valence electrons. The first kappa shape index (κ1) is 14.4. The van der Waals surface area contributed by atoms with Gasteiger partial charge in [0, 0.05) is 32.2 Å². The van der Waals surface area contributed by atoms with Crippen LogP contribution in [0.1, 0.15) is 22.3 Å². The lowest BCUT2D eigenvalue weighted by Crippen LogP contribution is -2.44. The predicted octanol–water partition coefficient (Wildman–Crippen LogP) is 1.60. The molecule has 1 aromatic carbocycles. The zero-order valence-corrected chi connectivity index (χ0v) is 12.4. The summed E-state index contributed by atoms with van der Waals surface area (Å²) in [7, 11) is 0. The summed E-state index contributed by atoms with van der Waals surface area (Å²) in [6.45, 7) is 7.34. The zero-order valence-electron chi connectivity index (χ0n) is 12.4. The molecule has 2 heterocycles. The van der Waals surface area contributed by atoms with E-state index in [4.69, 9.17) is 4.74 Å². The van der Waals surface area contributed by atoms with Crippen molar-refractivity contribution in [2.45, 2.75) is 19.4 Å². The molecule has 21 heavy (non-hydrogen) atoms. The highest BCUT2D eigenvalue weighted by Crippen LogP contribution is 2.27. The summed E-state index contributed by atoms with van der Waals surface area (Å²) < 4.78 is 5.40. The molecule has 0 bridgehead atoms. The highest BCUT2D eigenvalue weighted by Gasteiger charge is 2.30. The molecule has 2 aliphatic rings. The Labute approximate surface area is 125 Å². The van der Waals surface area contributed by atoms with Gasteiger partial charge in [-0.1, -0.05) is 11.6 Å². The van der Waals surface area contributed by atoms with Gasteiger partial charge in [-0.05, 0) is 25.5 Å². The van der Waals surface area contributed by atoms with Gasteiger partial charge in [0.15, 0.2) is 0 Å². The molecule has 2 aliphatic heterocycles. The van der Waals surface area contributed by atoms with Gasteiger partial charge in [-0.25, -0.2) is 4.79 Å². The van der Waals surface area contributed by atoms with Crippen LogP contribution in [0, 0.1) is 6.92 Å². The van der Waals surface area contributed by atoms with Crippen LogP contribution in [0.4, 0.5) is 5.69 Å². The zero-order chi connectivity index (χ0) is 14.8. The second-order valence-electron chi connectivity index (χ2n) is 5.86. The van der Waals surface area contributed by atoms with Crippen molar-refractivity contribution in [2.75, 3.05) is 44.3 Å². The van der Waals surface area contributed by atoms with Crippen molar-refractivity contribution in [3.8, 4) is 0 Å². The predicted molar refractivity (Wildman–Crippen MR) is 81.1 cm³/mol. The number of hydrogen-bond acceptors (Lipinski definition) is 4. The van der Waals surface area contributed by atoms with Gasteiger partial charge < -0.3 is 14.7 Å². The van der Waals surface area contributed by atoms with E-state index < -0.39 is 5.97 Å². The first-order valence-electron chi connectivity index (χ1n) is 7.56. The molecule has 1 atom stereocenters. The van der Waals surface area contributed by atoms with E-state index >= 15 is 0 Å². The first-order valence-corrected chi connectivity index (χ1v) is 7.56. The molecular formula is C16H22N2O3. The smallest absolute Gasteiger partial charge is 0.337 e. The minimum atomic E-state index is -0.844. The maximum atomic E-state index is 11.5. The van der Waals surface area contributed by atoms with Crippen LogP contribution in [0.5, 0.6) is 0 Å². The number of benzene rings is 1. The number of nitrogens with zero attached hydrogens (tertiary/aromatic N) is 2. The highest BCUT2D eigenvalue weighted by molar-refractivity contribution is 5.94. The highest BCUT2D eigenvalue weighted by atomic mass is 16.5. The van der Waals surface area contributed by atoms with E-state index in [0.717, 1.165) is 57.1 Å². The number of carboxylic acid groups (broad SMARTS) is 1. The van der Waals surface area contributed by atoms with Crippen LogP contribution in [0.2, 0.25) is 0 Å². The van der Waals surface area contributed by atoms with E-state index in [1.54, 1.807) is 6.07 Å². The molecule has 5 nitrogen and oxygen atoms in total. The van der Waals surface area contributed by atoms with Crippen LogP contribution in [-0.2, 0) is 4.74 Å². The van der Waals surface area contributed by atoms with Crippen LogP contribution in [0.3, 0.4) is 0 Å². The Hall–Kier alpha value is -1.59. The molecule has 0 radical (unpaired) electrons. The minimum Gasteiger partial charge on any atom is -0.478 e. The van der Waals surface area contributed by atoms with Crippen molar-refractivity contribution >= 4 is 11.7 Å². The standard InChI is InChI=1S/C16H22N2O3/c1-12-2-3-15(14(10-12)16(19)20)18-5-4-13(11-18)17-6-8-21-9-7-17/h2-3,10,13H,4-9,11H2,1H3,(H,19,20). The summed E-state index contributed by atoms with van der Waals surface area (Å²) in [6.07, 6.45) is 1.09. The molecular weight excluding hydrogens is 268 g/mol. The normalized spacial score (nSPS) is 23.5. The van der Waals surface area contributed by atoms with Gasteiger partial charge >= 0.3 is 5.97 Å². The van der Waals surface area contributed by atoms with Crippen LogP contribution < -0.4 is 4.90 Å². The van der Waals surface area contributed by atoms with Crippen LogP contribution in [-0.4, -0.2) is 61.4 Å². The second-order valence-corrected chi connectivity index (χ2v) is 5.86. The number of carbonyl (C=O) groups is 1. The molecule has 3 rings (SSSR count). The Morgan fingerprint density at radius 2 is 2.05 bits per heavy atom. The van der Waals surface area contributed by atoms with Gasteiger partial charge in [-0.15, -0.1) is 0 Å². The molecule has 0 aromatic heterocycles. The fraction of sp³-hybridized carbons (Fsp3) is 0.562. The first-order chi connectivity index (χ1) is 10.1. The number of hydrogen-bond donors (Lipinski definition) is 1. The van der Waals surface area contributed by atoms with Gasteiger partial charge in [0.05, 0.1) is 24.5 Å². The SMILES string of the molecule is Cc1ccc(N2CCC(N3CCOCC3)C2)c(C(=O)O)c1. The van der Waals surface area contributed by atoms with Crippen molar-refractivity contribution in [3.05, 3.63) is 29.3 Å². The fourth-order valence-electron chi connectivity index (χ4n) is 3.30. The van der Waals surface area contributed by atoms with Gasteiger partial charge in [0.25, 0.3) is 0 Å². The third-order valence-electron chi connectivity index (χ3n) is 4.45. The lowest BCUT2D eigenvalue weighted by Gasteiger charge is -2.32. The van der Waals surface area contributed by atoms with E-state index in [-0.39, 0.29) is 0 Å². The van der Waals surface area contributed by atoms with Gasteiger partial charge in [0.1, 0.15) is 0 Å². The molecule has 5 heteroatoms. The summed E-state index contributed by atoms with van der Waals surface area (Å²) in [6, 6.07) is 6.21. The van der Waals surface area contributed by atoms with Crippen molar-refractivity contribution in [1.29, 1.82) is 0 Å². The van der Waals surface area contributed by atoms with Crippen LogP contribution in [0.25, 0.3) is 0 Å². The Morgan fingerprint density at radius 3 is 2.76 bits per heavy atom. The molecule has 1 unspecified atom stereocenters. The average Bonchev–Trinajstić information content (AvgIpc) is 2.97. The minimum absolute atomic E-state index is 0.414. The van der Waals surface area contributed by atoms with E-state index in [1.165, 1.54) is 0 Å². The molecule has 1 aromatic rings. The monoisotopic (exact) mass is 290 g/mol. The van der Waals surface area contributed by atoms with Crippen molar-refractivity contribution in [1.82, 2.24) is 4.90 Å². The summed E-state index contributed by atoms with van der Waals surface area (Å²) in [5.74, 6) is -0.844. The number of carboxylic acids is 1. The molecule has 0 amide bonds. The van der Waals surface area contributed by atoms with E-state index in [1.807, 2.05) is 19.1 Å². The van der Waals surface area contributed by atoms with Crippen LogP contribution in [0.15, 0.2) is 18.2 Å². The molecule has 0 saturated carbocycles. The maximum Gasteiger partial charge on any atom is 0.337 e. The number of morpholine rings is 1. The summed E-state index contributed by atoms with van der Waals surface area (Å²) in [4.78, 5) is 16.1. The largest absolute Gasteiger partial charge is 0.478 e. The second kappa shape index (κ2) is 6.03. The lowest BCUT2D eigenvalue weighted by atomic mass is 10.1. The van der Waals surface area contributed by atoms with E-state index in [9.17, 15) is 9.90 Å². The Kier molecular flexibility index (Phi) is 4.12. The van der Waals surface area contributed by atoms with Crippen molar-refractivity contribution < 1.29 is 14.6 Å². The molecule has 0 aliphatic carbocycles. The third kappa shape index (κ3) is 3.04. The van der Waals surface area contributed by atoms with Crippen molar-refractivity contribution in [3.63, 3.8) is 0 Å². The number of aryl methyl sites for hydroxylation is 1. The van der Waals surface area contributed by atoms with Gasteiger partial charge in [-0.3, -0.25) is 4.90 Å². The van der Waals surface area contributed by atoms with E-state index in [0.29, 0.717) is 11.6 Å². The van der Waals surface area contributed by atoms with Gasteiger partial charge in [0.2, 0.25) is 0 Å². The van der Waals surface area contributed by atoms with Gasteiger partial charge in [-0.2, -0.15) is 0 Å². The topological polar surface area (TPSA) is 53.0 Å². The molecule has 1 N–H and O–H groups in total. The molecule has 2 saturated heterocycles. The van der Waals surface area contributed by atoms with Crippen LogP contribution >= 0.6 is 0 Å². The molecule has 2 fully saturated rings. The number of aromatic carboxylic acids is 1. The maximum absolute atomic E-state index is 11.5.